The van der Waals surface area contributed by atoms with Crippen LogP contribution in [0.4, 0.5) is 5.69 Å². The average molecular weight is 451 g/mol. The molecule has 2 rings (SSSR count). The Bertz CT molecular complexity index is 567. The highest BCUT2D eigenvalue weighted by atomic mass is 79.9. The van der Waals surface area contributed by atoms with Crippen molar-refractivity contribution in [3.63, 3.8) is 0 Å². The largest absolute Gasteiger partial charge is 0.485 e. The number of hydrogen-bond acceptors (Lipinski definition) is 3. The van der Waals surface area contributed by atoms with Gasteiger partial charge in [0.1, 0.15) is 12.4 Å². The second-order valence-corrected chi connectivity index (χ2v) is 6.40. The molecule has 3 nitrogen and oxygen atoms in total. The lowest BCUT2D eigenvalue weighted by Gasteiger charge is -2.11. The number of ether oxygens (including phenoxy) is 1. The van der Waals surface area contributed by atoms with E-state index in [1.807, 2.05) is 31.3 Å². The highest BCUT2D eigenvalue weighted by molar-refractivity contribution is 9.11. The molecular formula is C13H11Br3N2O. The molecule has 1 heterocycles. The van der Waals surface area contributed by atoms with Crippen molar-refractivity contribution in [3.05, 3.63) is 49.6 Å². The first-order valence-corrected chi connectivity index (χ1v) is 7.88. The normalized spacial score (nSPS) is 10.3. The van der Waals surface area contributed by atoms with Crippen LogP contribution < -0.4 is 10.1 Å². The van der Waals surface area contributed by atoms with Gasteiger partial charge in [0.15, 0.2) is 0 Å². The molecule has 0 amide bonds. The molecular weight excluding hydrogens is 440 g/mol. The zero-order chi connectivity index (χ0) is 13.8. The Morgan fingerprint density at radius 2 is 1.84 bits per heavy atom. The maximum absolute atomic E-state index is 5.80. The molecule has 0 spiro atoms. The van der Waals surface area contributed by atoms with Crippen LogP contribution in [0.15, 0.2) is 43.9 Å². The number of benzene rings is 1. The first kappa shape index (κ1) is 14.8. The standard InChI is InChI=1S/C13H11Br3N2O/c1-17-9-2-3-18-10(6-9)7-19-13-11(15)4-8(14)5-12(13)16/h2-6H,7H2,1H3,(H,17,18). The van der Waals surface area contributed by atoms with Gasteiger partial charge in [-0.25, -0.2) is 0 Å². The van der Waals surface area contributed by atoms with Gasteiger partial charge in [0, 0.05) is 23.4 Å². The minimum absolute atomic E-state index is 0.411. The lowest BCUT2D eigenvalue weighted by Crippen LogP contribution is -2.00. The fraction of sp³-hybridized carbons (Fsp3) is 0.154. The van der Waals surface area contributed by atoms with E-state index in [9.17, 15) is 0 Å². The molecule has 0 unspecified atom stereocenters. The zero-order valence-corrected chi connectivity index (χ0v) is 14.8. The molecule has 6 heteroatoms. The second kappa shape index (κ2) is 6.72. The van der Waals surface area contributed by atoms with E-state index in [2.05, 4.69) is 58.1 Å². The van der Waals surface area contributed by atoms with Crippen LogP contribution in [-0.4, -0.2) is 12.0 Å². The highest BCUT2D eigenvalue weighted by Crippen LogP contribution is 2.36. The first-order chi connectivity index (χ1) is 9.10. The second-order valence-electron chi connectivity index (χ2n) is 3.77. The van der Waals surface area contributed by atoms with Crippen LogP contribution in [0.25, 0.3) is 0 Å². The summed E-state index contributed by atoms with van der Waals surface area (Å²) >= 11 is 10.4. The number of anilines is 1. The molecule has 19 heavy (non-hydrogen) atoms. The van der Waals surface area contributed by atoms with Gasteiger partial charge in [-0.1, -0.05) is 15.9 Å². The minimum Gasteiger partial charge on any atom is -0.485 e. The fourth-order valence-electron chi connectivity index (χ4n) is 1.53. The zero-order valence-electron chi connectivity index (χ0n) is 10.1. The Labute approximate surface area is 137 Å². The third-order valence-electron chi connectivity index (χ3n) is 2.43. The molecule has 0 aliphatic heterocycles. The molecule has 1 aromatic heterocycles. The van der Waals surface area contributed by atoms with Crippen LogP contribution in [0.5, 0.6) is 5.75 Å². The number of nitrogens with zero attached hydrogens (tertiary/aromatic N) is 1. The molecule has 0 fully saturated rings. The Morgan fingerprint density at radius 1 is 1.16 bits per heavy atom. The molecule has 0 radical (unpaired) electrons. The summed E-state index contributed by atoms with van der Waals surface area (Å²) in [5, 5.41) is 3.08. The number of aromatic nitrogens is 1. The number of nitrogens with one attached hydrogen (secondary N) is 1. The van der Waals surface area contributed by atoms with Gasteiger partial charge < -0.3 is 10.1 Å². The summed E-state index contributed by atoms with van der Waals surface area (Å²) in [7, 11) is 1.88. The van der Waals surface area contributed by atoms with Crippen molar-refractivity contribution in [2.45, 2.75) is 6.61 Å². The van der Waals surface area contributed by atoms with Gasteiger partial charge >= 0.3 is 0 Å². The summed E-state index contributed by atoms with van der Waals surface area (Å²) in [6, 6.07) is 7.75. The summed E-state index contributed by atoms with van der Waals surface area (Å²) in [4.78, 5) is 4.27. The van der Waals surface area contributed by atoms with E-state index >= 15 is 0 Å². The van der Waals surface area contributed by atoms with Crippen molar-refractivity contribution in [2.24, 2.45) is 0 Å². The number of pyridine rings is 1. The van der Waals surface area contributed by atoms with E-state index in [-0.39, 0.29) is 0 Å². The van der Waals surface area contributed by atoms with Crippen molar-refractivity contribution in [1.82, 2.24) is 4.98 Å². The number of halogens is 3. The van der Waals surface area contributed by atoms with Gasteiger partial charge in [0.2, 0.25) is 0 Å². The molecule has 1 N–H and O–H groups in total. The maximum atomic E-state index is 5.80. The maximum Gasteiger partial charge on any atom is 0.148 e. The van der Waals surface area contributed by atoms with Gasteiger partial charge in [-0.15, -0.1) is 0 Å². The third kappa shape index (κ3) is 3.94. The van der Waals surface area contributed by atoms with Crippen LogP contribution in [0.3, 0.4) is 0 Å². The quantitative estimate of drug-likeness (QED) is 0.712. The van der Waals surface area contributed by atoms with Gasteiger partial charge in [-0.2, -0.15) is 0 Å². The lowest BCUT2D eigenvalue weighted by atomic mass is 10.3. The van der Waals surface area contributed by atoms with E-state index in [4.69, 9.17) is 4.74 Å². The smallest absolute Gasteiger partial charge is 0.148 e. The topological polar surface area (TPSA) is 34.2 Å². The molecule has 1 aromatic carbocycles. The van der Waals surface area contributed by atoms with Crippen LogP contribution in [-0.2, 0) is 6.61 Å². The molecule has 0 bridgehead atoms. The number of rotatable bonds is 4. The highest BCUT2D eigenvalue weighted by Gasteiger charge is 2.09. The molecule has 0 saturated carbocycles. The SMILES string of the molecule is CNc1ccnc(COc2c(Br)cc(Br)cc2Br)c1. The summed E-state index contributed by atoms with van der Waals surface area (Å²) in [6.45, 7) is 0.411. The monoisotopic (exact) mass is 448 g/mol. The van der Waals surface area contributed by atoms with Crippen LogP contribution in [0.1, 0.15) is 5.69 Å². The van der Waals surface area contributed by atoms with Crippen molar-refractivity contribution in [3.8, 4) is 5.75 Å². The average Bonchev–Trinajstić information content (AvgIpc) is 2.37. The summed E-state index contributed by atoms with van der Waals surface area (Å²) in [6.07, 6.45) is 1.76. The molecule has 0 atom stereocenters. The molecule has 0 saturated heterocycles. The van der Waals surface area contributed by atoms with Gasteiger partial charge in [0.25, 0.3) is 0 Å². The predicted octanol–water partition coefficient (Wildman–Crippen LogP) is 4.99. The molecule has 0 aliphatic carbocycles. The van der Waals surface area contributed by atoms with Crippen molar-refractivity contribution < 1.29 is 4.74 Å². The van der Waals surface area contributed by atoms with E-state index in [0.717, 1.165) is 30.5 Å². The fourth-order valence-corrected chi connectivity index (χ4v) is 4.01. The van der Waals surface area contributed by atoms with E-state index in [1.54, 1.807) is 6.20 Å². The van der Waals surface area contributed by atoms with Gasteiger partial charge in [0.05, 0.1) is 14.6 Å². The summed E-state index contributed by atoms with van der Waals surface area (Å²) in [5.74, 6) is 0.764. The van der Waals surface area contributed by atoms with Crippen molar-refractivity contribution in [1.29, 1.82) is 0 Å². The van der Waals surface area contributed by atoms with E-state index in [1.165, 1.54) is 0 Å². The molecule has 2 aromatic rings. The van der Waals surface area contributed by atoms with E-state index in [0.29, 0.717) is 6.61 Å². The minimum atomic E-state index is 0.411. The lowest BCUT2D eigenvalue weighted by molar-refractivity contribution is 0.297. The Morgan fingerprint density at radius 3 is 2.47 bits per heavy atom. The van der Waals surface area contributed by atoms with Gasteiger partial charge in [-0.05, 0) is 56.1 Å². The first-order valence-electron chi connectivity index (χ1n) is 5.50. The summed E-state index contributed by atoms with van der Waals surface area (Å²) in [5.41, 5.74) is 1.89. The number of hydrogen-bond donors (Lipinski definition) is 1. The molecule has 0 aliphatic rings. The Balaban J connectivity index is 2.14. The van der Waals surface area contributed by atoms with E-state index < -0.39 is 0 Å². The predicted molar refractivity (Wildman–Crippen MR) is 87.7 cm³/mol. The van der Waals surface area contributed by atoms with Crippen LogP contribution in [0, 0.1) is 0 Å². The van der Waals surface area contributed by atoms with Gasteiger partial charge in [-0.3, -0.25) is 4.98 Å². The third-order valence-corrected chi connectivity index (χ3v) is 4.07. The van der Waals surface area contributed by atoms with Crippen LogP contribution in [0.2, 0.25) is 0 Å². The Hall–Kier alpha value is -0.590. The Kier molecular flexibility index (Phi) is 5.24. The summed E-state index contributed by atoms with van der Waals surface area (Å²) < 4.78 is 8.56. The van der Waals surface area contributed by atoms with Crippen molar-refractivity contribution in [2.75, 3.05) is 12.4 Å². The molecule has 100 valence electrons. The van der Waals surface area contributed by atoms with Crippen molar-refractivity contribution >= 4 is 53.5 Å². The van der Waals surface area contributed by atoms with Crippen LogP contribution >= 0.6 is 47.8 Å².